The highest BCUT2D eigenvalue weighted by Crippen LogP contribution is 2.32. The van der Waals surface area contributed by atoms with Gasteiger partial charge in [-0.2, -0.15) is 0 Å². The minimum Gasteiger partial charge on any atom is -0.459 e. The third-order valence-corrected chi connectivity index (χ3v) is 7.04. The molecule has 1 aliphatic carbocycles. The van der Waals surface area contributed by atoms with Gasteiger partial charge in [0, 0.05) is 0 Å². The Morgan fingerprint density at radius 3 is 2.72 bits per heavy atom. The van der Waals surface area contributed by atoms with E-state index in [-0.39, 0.29) is 11.9 Å². The minimum absolute atomic E-state index is 0.0301. The number of hydrogen-bond acceptors (Lipinski definition) is 6. The van der Waals surface area contributed by atoms with Crippen LogP contribution in [0.15, 0.2) is 40.3 Å². The molecular weight excluding hydrogens is 388 g/mol. The minimum atomic E-state index is -0.0301. The van der Waals surface area contributed by atoms with Crippen molar-refractivity contribution in [1.29, 1.82) is 0 Å². The second-order valence-electron chi connectivity index (χ2n) is 7.80. The Kier molecular flexibility index (Phi) is 5.15. The number of piperazine rings is 1. The molecule has 4 heterocycles. The van der Waals surface area contributed by atoms with Crippen molar-refractivity contribution < 1.29 is 14.1 Å². The molecule has 5 rings (SSSR count). The lowest BCUT2D eigenvalue weighted by atomic mass is 10.1. The first kappa shape index (κ1) is 18.5. The lowest BCUT2D eigenvalue weighted by molar-refractivity contribution is -0.929. The summed E-state index contributed by atoms with van der Waals surface area (Å²) in [5.41, 5.74) is 0. The Morgan fingerprint density at radius 2 is 2.03 bits per heavy atom. The van der Waals surface area contributed by atoms with Crippen molar-refractivity contribution in [3.05, 3.63) is 52.4 Å². The quantitative estimate of drug-likeness (QED) is 0.687. The highest BCUT2D eigenvalue weighted by Gasteiger charge is 2.37. The maximum atomic E-state index is 12.6. The Labute approximate surface area is 173 Å². The van der Waals surface area contributed by atoms with Crippen molar-refractivity contribution in [2.75, 3.05) is 26.2 Å². The van der Waals surface area contributed by atoms with Gasteiger partial charge in [-0.25, -0.2) is 4.68 Å². The summed E-state index contributed by atoms with van der Waals surface area (Å²) in [7, 11) is 0. The van der Waals surface area contributed by atoms with Gasteiger partial charge in [-0.3, -0.25) is 4.79 Å². The lowest BCUT2D eigenvalue weighted by Gasteiger charge is -2.35. The molecule has 8 nitrogen and oxygen atoms in total. The molecule has 1 saturated carbocycles. The molecule has 9 heteroatoms. The van der Waals surface area contributed by atoms with E-state index < -0.39 is 0 Å². The van der Waals surface area contributed by atoms with E-state index in [2.05, 4.69) is 37.7 Å². The van der Waals surface area contributed by atoms with Crippen molar-refractivity contribution in [1.82, 2.24) is 25.1 Å². The summed E-state index contributed by atoms with van der Waals surface area (Å²) in [6, 6.07) is 8.26. The number of carbonyl (C=O) groups is 1. The van der Waals surface area contributed by atoms with E-state index >= 15 is 0 Å². The van der Waals surface area contributed by atoms with Crippen LogP contribution >= 0.6 is 11.3 Å². The summed E-state index contributed by atoms with van der Waals surface area (Å²) in [6.07, 6.45) is 6.33. The Balaban J connectivity index is 1.37. The highest BCUT2D eigenvalue weighted by atomic mass is 32.1. The van der Waals surface area contributed by atoms with E-state index in [9.17, 15) is 4.79 Å². The van der Waals surface area contributed by atoms with Gasteiger partial charge in [0.15, 0.2) is 11.8 Å². The summed E-state index contributed by atoms with van der Waals surface area (Å²) in [5.74, 6) is 1.34. The van der Waals surface area contributed by atoms with Gasteiger partial charge in [0.25, 0.3) is 5.91 Å². The normalized spacial score (nSPS) is 19.7. The summed E-state index contributed by atoms with van der Waals surface area (Å²) >= 11 is 1.75. The third-order valence-electron chi connectivity index (χ3n) is 6.11. The Hall–Kier alpha value is -2.52. The van der Waals surface area contributed by atoms with Gasteiger partial charge in [-0.15, -0.1) is 16.4 Å². The SMILES string of the molecule is O=C(c1ccco1)N1CC[NH+]([C@H](c2cccs2)c2nnnn2C2CCCC2)CC1. The van der Waals surface area contributed by atoms with Crippen LogP contribution < -0.4 is 4.90 Å². The molecule has 1 amide bonds. The maximum Gasteiger partial charge on any atom is 0.289 e. The molecule has 3 aromatic heterocycles. The largest absolute Gasteiger partial charge is 0.459 e. The van der Waals surface area contributed by atoms with E-state index in [0.717, 1.165) is 31.8 Å². The van der Waals surface area contributed by atoms with Gasteiger partial charge in [0.1, 0.15) is 0 Å². The van der Waals surface area contributed by atoms with Crippen molar-refractivity contribution in [3.8, 4) is 0 Å². The number of furan rings is 1. The monoisotopic (exact) mass is 413 g/mol. The summed E-state index contributed by atoms with van der Waals surface area (Å²) < 4.78 is 7.36. The second-order valence-corrected chi connectivity index (χ2v) is 8.78. The van der Waals surface area contributed by atoms with Gasteiger partial charge in [0.05, 0.1) is 43.4 Å². The number of thiophene rings is 1. The molecule has 0 bridgehead atoms. The van der Waals surface area contributed by atoms with Crippen molar-refractivity contribution in [3.63, 3.8) is 0 Å². The predicted molar refractivity (Wildman–Crippen MR) is 107 cm³/mol. The average Bonchev–Trinajstić information content (AvgIpc) is 3.56. The number of aromatic nitrogens is 4. The van der Waals surface area contributed by atoms with E-state index in [1.807, 2.05) is 4.90 Å². The number of nitrogens with zero attached hydrogens (tertiary/aromatic N) is 5. The molecule has 1 saturated heterocycles. The summed E-state index contributed by atoms with van der Waals surface area (Å²) in [6.45, 7) is 3.10. The van der Waals surface area contributed by atoms with Gasteiger partial charge in [-0.05, 0) is 46.8 Å². The fourth-order valence-electron chi connectivity index (χ4n) is 4.61. The first-order valence-corrected chi connectivity index (χ1v) is 11.2. The lowest BCUT2D eigenvalue weighted by Crippen LogP contribution is -3.15. The number of rotatable bonds is 5. The first-order valence-electron chi connectivity index (χ1n) is 10.3. The van der Waals surface area contributed by atoms with Crippen LogP contribution in [0.3, 0.4) is 0 Å². The van der Waals surface area contributed by atoms with Crippen LogP contribution in [0.2, 0.25) is 0 Å². The summed E-state index contributed by atoms with van der Waals surface area (Å²) in [5, 5.41) is 15.0. The van der Waals surface area contributed by atoms with Crippen LogP contribution in [-0.4, -0.2) is 57.2 Å². The zero-order valence-corrected chi connectivity index (χ0v) is 17.1. The maximum absolute atomic E-state index is 12.6. The first-order chi connectivity index (χ1) is 14.3. The van der Waals surface area contributed by atoms with Crippen LogP contribution in [0.25, 0.3) is 0 Å². The molecule has 0 spiro atoms. The number of carbonyl (C=O) groups excluding carboxylic acids is 1. The molecule has 0 aromatic carbocycles. The fraction of sp³-hybridized carbons (Fsp3) is 0.500. The topological polar surface area (TPSA) is 81.5 Å². The molecule has 2 aliphatic rings. The smallest absolute Gasteiger partial charge is 0.289 e. The Morgan fingerprint density at radius 1 is 1.21 bits per heavy atom. The van der Waals surface area contributed by atoms with E-state index in [1.165, 1.54) is 22.6 Å². The van der Waals surface area contributed by atoms with Crippen LogP contribution in [0.4, 0.5) is 0 Å². The standard InChI is InChI=1S/C20H24N6O2S/c27-20(16-7-3-13-28-16)25-11-9-24(10-12-25)18(17-8-4-14-29-17)19-21-22-23-26(19)15-5-1-2-6-15/h3-4,7-8,13-15,18H,1-2,5-6,9-12H2/p+1/t18-/m1/s1. The predicted octanol–water partition coefficient (Wildman–Crippen LogP) is 1.57. The van der Waals surface area contributed by atoms with Crippen LogP contribution in [-0.2, 0) is 0 Å². The van der Waals surface area contributed by atoms with Gasteiger partial charge >= 0.3 is 0 Å². The fourth-order valence-corrected chi connectivity index (χ4v) is 5.49. The van der Waals surface area contributed by atoms with Crippen molar-refractivity contribution >= 4 is 17.2 Å². The molecule has 1 N–H and O–H groups in total. The Bertz CT molecular complexity index is 924. The van der Waals surface area contributed by atoms with Gasteiger partial charge in [-0.1, -0.05) is 18.9 Å². The number of nitrogens with one attached hydrogen (secondary N) is 1. The van der Waals surface area contributed by atoms with E-state index in [0.29, 0.717) is 24.9 Å². The number of quaternary nitrogens is 1. The molecule has 3 aromatic rings. The number of amides is 1. The molecule has 29 heavy (non-hydrogen) atoms. The molecule has 1 atom stereocenters. The highest BCUT2D eigenvalue weighted by molar-refractivity contribution is 7.10. The van der Waals surface area contributed by atoms with Gasteiger partial charge < -0.3 is 14.2 Å². The molecule has 1 aliphatic heterocycles. The van der Waals surface area contributed by atoms with Crippen LogP contribution in [0.1, 0.15) is 59.0 Å². The zero-order valence-electron chi connectivity index (χ0n) is 16.2. The number of tetrazole rings is 1. The van der Waals surface area contributed by atoms with E-state index in [4.69, 9.17) is 4.42 Å². The molecule has 0 radical (unpaired) electrons. The zero-order chi connectivity index (χ0) is 19.6. The summed E-state index contributed by atoms with van der Waals surface area (Å²) in [4.78, 5) is 17.2. The molecule has 152 valence electrons. The number of hydrogen-bond donors (Lipinski definition) is 1. The second kappa shape index (κ2) is 8.08. The van der Waals surface area contributed by atoms with E-state index in [1.54, 1.807) is 29.7 Å². The van der Waals surface area contributed by atoms with Crippen LogP contribution in [0, 0.1) is 0 Å². The molecular formula is C20H25N6O2S+. The van der Waals surface area contributed by atoms with Crippen LogP contribution in [0.5, 0.6) is 0 Å². The van der Waals surface area contributed by atoms with Crippen molar-refractivity contribution in [2.24, 2.45) is 0 Å². The average molecular weight is 414 g/mol. The van der Waals surface area contributed by atoms with Crippen molar-refractivity contribution in [2.45, 2.75) is 37.8 Å². The molecule has 2 fully saturated rings. The molecule has 0 unspecified atom stereocenters. The third kappa shape index (κ3) is 3.60. The van der Waals surface area contributed by atoms with Gasteiger partial charge in [0.2, 0.25) is 5.82 Å².